The first-order valence-corrected chi connectivity index (χ1v) is 10.2. The number of carbonyl (C=O) groups is 2. The highest BCUT2D eigenvalue weighted by Gasteiger charge is 2.35. The van der Waals surface area contributed by atoms with E-state index in [1.54, 1.807) is 39.0 Å². The van der Waals surface area contributed by atoms with E-state index in [1.807, 2.05) is 20.8 Å². The van der Waals surface area contributed by atoms with Crippen molar-refractivity contribution in [2.24, 2.45) is 5.41 Å². The van der Waals surface area contributed by atoms with Gasteiger partial charge in [-0.3, -0.25) is 9.59 Å². The molecular formula is C24H28F2N2O3. The molecule has 1 aliphatic rings. The summed E-state index contributed by atoms with van der Waals surface area (Å²) in [5, 5.41) is 2.65. The van der Waals surface area contributed by atoms with Gasteiger partial charge >= 0.3 is 0 Å². The van der Waals surface area contributed by atoms with E-state index < -0.39 is 11.9 Å². The number of ether oxygens (including phenoxy) is 1. The zero-order valence-electron chi connectivity index (χ0n) is 18.7. The number of anilines is 2. The molecule has 5 nitrogen and oxygen atoms in total. The molecule has 0 spiro atoms. The fourth-order valence-corrected chi connectivity index (χ4v) is 3.59. The molecule has 0 bridgehead atoms. The van der Waals surface area contributed by atoms with Crippen molar-refractivity contribution in [2.45, 2.75) is 60.6 Å². The monoisotopic (exact) mass is 430 g/mol. The molecule has 1 heterocycles. The van der Waals surface area contributed by atoms with Gasteiger partial charge in [0.05, 0.1) is 17.9 Å². The van der Waals surface area contributed by atoms with E-state index in [0.717, 1.165) is 0 Å². The van der Waals surface area contributed by atoms with Gasteiger partial charge in [-0.2, -0.15) is 0 Å². The summed E-state index contributed by atoms with van der Waals surface area (Å²) in [5.41, 5.74) is 1.74. The third-order valence-corrected chi connectivity index (χ3v) is 5.12. The lowest BCUT2D eigenvalue weighted by atomic mass is 9.92. The molecule has 0 radical (unpaired) electrons. The zero-order valence-corrected chi connectivity index (χ0v) is 18.7. The fourth-order valence-electron chi connectivity index (χ4n) is 3.59. The minimum atomic E-state index is -0.899. The number of rotatable bonds is 4. The smallest absolute Gasteiger partial charge is 0.268 e. The zero-order chi connectivity index (χ0) is 23.1. The molecule has 1 unspecified atom stereocenters. The number of fused-ring (bicyclic) bond motifs is 1. The van der Waals surface area contributed by atoms with Crippen LogP contribution in [0.5, 0.6) is 5.75 Å². The number of amides is 2. The molecular weight excluding hydrogens is 402 g/mol. The quantitative estimate of drug-likeness (QED) is 0.719. The Morgan fingerprint density at radius 1 is 1.16 bits per heavy atom. The minimum Gasteiger partial charge on any atom is -0.476 e. The van der Waals surface area contributed by atoms with Crippen molar-refractivity contribution < 1.29 is 23.1 Å². The Balaban J connectivity index is 1.99. The Kier molecular flexibility index (Phi) is 6.07. The molecule has 0 fully saturated rings. The van der Waals surface area contributed by atoms with Crippen molar-refractivity contribution in [1.82, 2.24) is 0 Å². The summed E-state index contributed by atoms with van der Waals surface area (Å²) in [6, 6.07) is 6.23. The summed E-state index contributed by atoms with van der Waals surface area (Å²) in [6.07, 6.45) is -0.668. The van der Waals surface area contributed by atoms with Gasteiger partial charge < -0.3 is 15.0 Å². The van der Waals surface area contributed by atoms with Crippen LogP contribution in [-0.4, -0.2) is 17.9 Å². The lowest BCUT2D eigenvalue weighted by Crippen LogP contribution is -2.44. The largest absolute Gasteiger partial charge is 0.476 e. The fraction of sp³-hybridized carbons (Fsp3) is 0.417. The summed E-state index contributed by atoms with van der Waals surface area (Å²) >= 11 is 0. The van der Waals surface area contributed by atoms with E-state index in [4.69, 9.17) is 4.74 Å². The number of aryl methyl sites for hydroxylation is 2. The maximum atomic E-state index is 15.4. The van der Waals surface area contributed by atoms with Gasteiger partial charge in [-0.1, -0.05) is 32.9 Å². The van der Waals surface area contributed by atoms with Gasteiger partial charge in [-0.25, -0.2) is 8.78 Å². The Hall–Kier alpha value is -2.96. The van der Waals surface area contributed by atoms with Crippen molar-refractivity contribution >= 4 is 23.2 Å². The van der Waals surface area contributed by atoms with Gasteiger partial charge in [0, 0.05) is 6.42 Å². The van der Waals surface area contributed by atoms with Gasteiger partial charge in [0.25, 0.3) is 5.91 Å². The second-order valence-electron chi connectivity index (χ2n) is 9.28. The maximum absolute atomic E-state index is 15.4. The first kappa shape index (κ1) is 22.7. The van der Waals surface area contributed by atoms with Gasteiger partial charge in [-0.15, -0.1) is 0 Å². The van der Waals surface area contributed by atoms with E-state index in [9.17, 15) is 14.0 Å². The van der Waals surface area contributed by atoms with Crippen LogP contribution in [0.1, 0.15) is 50.8 Å². The van der Waals surface area contributed by atoms with Gasteiger partial charge in [0.2, 0.25) is 5.91 Å². The van der Waals surface area contributed by atoms with Crippen LogP contribution in [0.4, 0.5) is 20.2 Å². The predicted octanol–water partition coefficient (Wildman–Crippen LogP) is 5.27. The number of nitrogens with one attached hydrogen (secondary N) is 1. The topological polar surface area (TPSA) is 58.6 Å². The number of benzene rings is 2. The highest BCUT2D eigenvalue weighted by Crippen LogP contribution is 2.42. The summed E-state index contributed by atoms with van der Waals surface area (Å²) < 4.78 is 34.6. The van der Waals surface area contributed by atoms with E-state index >= 15 is 4.39 Å². The Labute approximate surface area is 181 Å². The summed E-state index contributed by atoms with van der Waals surface area (Å²) in [5.74, 6) is -1.74. The highest BCUT2D eigenvalue weighted by atomic mass is 19.1. The number of hydrogen-bond acceptors (Lipinski definition) is 3. The number of carbonyl (C=O) groups excluding carboxylic acids is 2. The molecule has 7 heteroatoms. The van der Waals surface area contributed by atoms with Crippen molar-refractivity contribution in [1.29, 1.82) is 0 Å². The number of hydrogen-bond donors (Lipinski definition) is 1. The first-order valence-electron chi connectivity index (χ1n) is 10.2. The second-order valence-corrected chi connectivity index (χ2v) is 9.28. The van der Waals surface area contributed by atoms with Crippen LogP contribution in [-0.2, 0) is 16.1 Å². The van der Waals surface area contributed by atoms with E-state index in [0.29, 0.717) is 16.7 Å². The lowest BCUT2D eigenvalue weighted by molar-refractivity contribution is -0.125. The van der Waals surface area contributed by atoms with Crippen molar-refractivity contribution in [3.8, 4) is 5.75 Å². The normalized spacial score (nSPS) is 16.1. The third-order valence-electron chi connectivity index (χ3n) is 5.12. The average Bonchev–Trinajstić information content (AvgIpc) is 2.65. The molecule has 0 aromatic heterocycles. The minimum absolute atomic E-state index is 0.0483. The standard InChI is InChI=1S/C24H28F2N2O3/c1-13-9-16(7-8-17(13)25)12-28-18-10-14(2)21(27-19(29)11-24(4,5)6)20(26)22(18)31-15(3)23(28)30/h7-10,15H,11-12H2,1-6H3,(H,27,29). The van der Waals surface area contributed by atoms with Crippen molar-refractivity contribution in [3.05, 3.63) is 52.6 Å². The Bertz CT molecular complexity index is 1040. The highest BCUT2D eigenvalue weighted by molar-refractivity contribution is 6.01. The number of nitrogens with zero attached hydrogens (tertiary/aromatic N) is 1. The Morgan fingerprint density at radius 3 is 2.45 bits per heavy atom. The van der Waals surface area contributed by atoms with Crippen LogP contribution in [0.3, 0.4) is 0 Å². The van der Waals surface area contributed by atoms with Crippen LogP contribution in [0.15, 0.2) is 24.3 Å². The predicted molar refractivity (Wildman–Crippen MR) is 116 cm³/mol. The van der Waals surface area contributed by atoms with E-state index in [2.05, 4.69) is 5.32 Å². The molecule has 1 atom stereocenters. The third kappa shape index (κ3) is 4.86. The van der Waals surface area contributed by atoms with Crippen LogP contribution in [0, 0.1) is 30.9 Å². The molecule has 0 saturated carbocycles. The number of halogens is 2. The first-order chi connectivity index (χ1) is 14.4. The van der Waals surface area contributed by atoms with Gasteiger partial charge in [-0.05, 0) is 55.0 Å². The van der Waals surface area contributed by atoms with Crippen molar-refractivity contribution in [3.63, 3.8) is 0 Å². The van der Waals surface area contributed by atoms with E-state index in [-0.39, 0.29) is 53.1 Å². The lowest BCUT2D eigenvalue weighted by Gasteiger charge is -2.34. The van der Waals surface area contributed by atoms with Crippen LogP contribution >= 0.6 is 0 Å². The molecule has 3 rings (SSSR count). The molecule has 0 saturated heterocycles. The molecule has 2 amide bonds. The Morgan fingerprint density at radius 2 is 1.84 bits per heavy atom. The average molecular weight is 430 g/mol. The van der Waals surface area contributed by atoms with Gasteiger partial charge in [0.1, 0.15) is 5.82 Å². The summed E-state index contributed by atoms with van der Waals surface area (Å²) in [7, 11) is 0. The van der Waals surface area contributed by atoms with E-state index in [1.165, 1.54) is 11.0 Å². The van der Waals surface area contributed by atoms with Crippen LogP contribution in [0.25, 0.3) is 0 Å². The van der Waals surface area contributed by atoms with Gasteiger partial charge in [0.15, 0.2) is 17.7 Å². The molecule has 1 aliphatic heterocycles. The second kappa shape index (κ2) is 8.29. The van der Waals surface area contributed by atoms with Crippen LogP contribution in [0.2, 0.25) is 0 Å². The molecule has 166 valence electrons. The molecule has 1 N–H and O–H groups in total. The SMILES string of the molecule is Cc1cc(CN2C(=O)C(C)Oc3c2cc(C)c(NC(=O)CC(C)(C)C)c3F)ccc1F. The summed E-state index contributed by atoms with van der Waals surface area (Å²) in [4.78, 5) is 26.6. The molecule has 0 aliphatic carbocycles. The van der Waals surface area contributed by atoms with Crippen LogP contribution < -0.4 is 15.0 Å². The molecule has 2 aromatic rings. The maximum Gasteiger partial charge on any atom is 0.268 e. The summed E-state index contributed by atoms with van der Waals surface area (Å²) in [6.45, 7) is 10.8. The molecule has 31 heavy (non-hydrogen) atoms. The molecule has 2 aromatic carbocycles. The van der Waals surface area contributed by atoms with Crippen molar-refractivity contribution in [2.75, 3.05) is 10.2 Å².